The average molecular weight is 375 g/mol. The largest absolute Gasteiger partial charge is 0.313 e. The molecule has 0 radical (unpaired) electrons. The summed E-state index contributed by atoms with van der Waals surface area (Å²) < 4.78 is 27.6. The quantitative estimate of drug-likeness (QED) is 0.797. The van der Waals surface area contributed by atoms with Crippen molar-refractivity contribution in [2.75, 3.05) is 20.1 Å². The van der Waals surface area contributed by atoms with Gasteiger partial charge in [-0.2, -0.15) is 0 Å². The predicted molar refractivity (Wildman–Crippen MR) is 88.6 cm³/mol. The second-order valence-electron chi connectivity index (χ2n) is 5.80. The van der Waals surface area contributed by atoms with E-state index in [0.29, 0.717) is 34.3 Å². The highest BCUT2D eigenvalue weighted by atomic mass is 79.9. The Hall–Kier alpha value is -0.430. The Morgan fingerprint density at radius 3 is 2.67 bits per heavy atom. The molecule has 1 aromatic rings. The first-order chi connectivity index (χ1) is 9.86. The van der Waals surface area contributed by atoms with Crippen molar-refractivity contribution in [1.82, 2.24) is 9.62 Å². The van der Waals surface area contributed by atoms with Crippen molar-refractivity contribution in [3.63, 3.8) is 0 Å². The van der Waals surface area contributed by atoms with Gasteiger partial charge in [-0.05, 0) is 58.4 Å². The molecule has 21 heavy (non-hydrogen) atoms. The van der Waals surface area contributed by atoms with E-state index >= 15 is 0 Å². The third-order valence-electron chi connectivity index (χ3n) is 4.03. The summed E-state index contributed by atoms with van der Waals surface area (Å²) in [5.74, 6) is 1.15. The van der Waals surface area contributed by atoms with Gasteiger partial charge >= 0.3 is 0 Å². The normalized spacial score (nSPS) is 21.8. The minimum absolute atomic E-state index is 0.355. The van der Waals surface area contributed by atoms with Crippen molar-refractivity contribution in [2.24, 2.45) is 11.8 Å². The zero-order valence-electron chi connectivity index (χ0n) is 12.8. The molecule has 1 aromatic carbocycles. The highest BCUT2D eigenvalue weighted by molar-refractivity contribution is 9.10. The van der Waals surface area contributed by atoms with Crippen LogP contribution in [0.4, 0.5) is 0 Å². The average Bonchev–Trinajstić information content (AvgIpc) is 3.12. The monoisotopic (exact) mass is 374 g/mol. The molecule has 0 spiro atoms. The van der Waals surface area contributed by atoms with Gasteiger partial charge in [0.1, 0.15) is 0 Å². The van der Waals surface area contributed by atoms with Crippen molar-refractivity contribution in [2.45, 2.75) is 31.7 Å². The van der Waals surface area contributed by atoms with E-state index in [0.717, 1.165) is 18.5 Å². The van der Waals surface area contributed by atoms with Crippen LogP contribution in [-0.4, -0.2) is 32.9 Å². The molecule has 0 aliphatic heterocycles. The maximum atomic E-state index is 12.7. The van der Waals surface area contributed by atoms with Crippen LogP contribution < -0.4 is 5.32 Å². The second kappa shape index (κ2) is 6.77. The lowest BCUT2D eigenvalue weighted by atomic mass is 10.2. The van der Waals surface area contributed by atoms with Gasteiger partial charge < -0.3 is 5.32 Å². The zero-order valence-corrected chi connectivity index (χ0v) is 15.2. The summed E-state index contributed by atoms with van der Waals surface area (Å²) in [4.78, 5) is 0.355. The maximum Gasteiger partial charge on any atom is 0.243 e. The van der Waals surface area contributed by atoms with E-state index in [2.05, 4.69) is 28.2 Å². The van der Waals surface area contributed by atoms with Crippen LogP contribution in [0.1, 0.15) is 25.8 Å². The molecule has 1 aliphatic carbocycles. The van der Waals surface area contributed by atoms with Gasteiger partial charge in [0.2, 0.25) is 10.0 Å². The molecular formula is C15H23BrN2O2S. The SMILES string of the molecule is CCNCc1ccc(Br)c(S(=O)(=O)N(C)CC2CC2C)c1. The van der Waals surface area contributed by atoms with Crippen molar-refractivity contribution >= 4 is 26.0 Å². The van der Waals surface area contributed by atoms with Crippen LogP contribution in [0.2, 0.25) is 0 Å². The van der Waals surface area contributed by atoms with E-state index in [1.165, 1.54) is 4.31 Å². The van der Waals surface area contributed by atoms with Crippen LogP contribution in [0.5, 0.6) is 0 Å². The van der Waals surface area contributed by atoms with Crippen LogP contribution in [0.25, 0.3) is 0 Å². The van der Waals surface area contributed by atoms with Crippen LogP contribution in [0.15, 0.2) is 27.6 Å². The standard InChI is InChI=1S/C15H23BrN2O2S/c1-4-17-9-12-5-6-14(16)15(8-12)21(19,20)18(3)10-13-7-11(13)2/h5-6,8,11,13,17H,4,7,9-10H2,1-3H3. The van der Waals surface area contributed by atoms with Crippen LogP contribution in [-0.2, 0) is 16.6 Å². The summed E-state index contributed by atoms with van der Waals surface area (Å²) >= 11 is 3.37. The molecule has 2 atom stereocenters. The van der Waals surface area contributed by atoms with E-state index < -0.39 is 10.0 Å². The van der Waals surface area contributed by atoms with Crippen LogP contribution in [0, 0.1) is 11.8 Å². The molecule has 0 saturated heterocycles. The molecule has 2 rings (SSSR count). The number of nitrogens with zero attached hydrogens (tertiary/aromatic N) is 1. The van der Waals surface area contributed by atoms with Gasteiger partial charge in [-0.15, -0.1) is 0 Å². The third kappa shape index (κ3) is 4.06. The van der Waals surface area contributed by atoms with Gasteiger partial charge in [0.25, 0.3) is 0 Å². The van der Waals surface area contributed by atoms with Crippen molar-refractivity contribution in [3.05, 3.63) is 28.2 Å². The topological polar surface area (TPSA) is 49.4 Å². The first kappa shape index (κ1) is 16.9. The van der Waals surface area contributed by atoms with E-state index in [4.69, 9.17) is 0 Å². The summed E-state index contributed by atoms with van der Waals surface area (Å²) in [6.07, 6.45) is 1.13. The van der Waals surface area contributed by atoms with Crippen LogP contribution in [0.3, 0.4) is 0 Å². The number of nitrogens with one attached hydrogen (secondary N) is 1. The fourth-order valence-corrected chi connectivity index (χ4v) is 4.57. The Balaban J connectivity index is 2.21. The summed E-state index contributed by atoms with van der Waals surface area (Å²) in [5.41, 5.74) is 0.979. The molecule has 1 N–H and O–H groups in total. The van der Waals surface area contributed by atoms with Gasteiger partial charge in [-0.25, -0.2) is 12.7 Å². The van der Waals surface area contributed by atoms with Gasteiger partial charge in [0, 0.05) is 24.6 Å². The molecule has 6 heteroatoms. The van der Waals surface area contributed by atoms with Crippen LogP contribution >= 0.6 is 15.9 Å². The van der Waals surface area contributed by atoms with E-state index in [-0.39, 0.29) is 0 Å². The molecule has 118 valence electrons. The number of benzene rings is 1. The molecule has 0 amide bonds. The summed E-state index contributed by atoms with van der Waals surface area (Å²) in [7, 11) is -1.77. The molecule has 0 aromatic heterocycles. The first-order valence-electron chi connectivity index (χ1n) is 7.31. The molecule has 0 heterocycles. The smallest absolute Gasteiger partial charge is 0.243 e. The molecule has 2 unspecified atom stereocenters. The fraction of sp³-hybridized carbons (Fsp3) is 0.600. The highest BCUT2D eigenvalue weighted by Gasteiger charge is 2.36. The van der Waals surface area contributed by atoms with E-state index in [9.17, 15) is 8.42 Å². The summed E-state index contributed by atoms with van der Waals surface area (Å²) in [6, 6.07) is 5.51. The Bertz CT molecular complexity index is 604. The Morgan fingerprint density at radius 1 is 1.43 bits per heavy atom. The second-order valence-corrected chi connectivity index (χ2v) is 8.67. The van der Waals surface area contributed by atoms with E-state index in [1.54, 1.807) is 13.1 Å². The third-order valence-corrected chi connectivity index (χ3v) is 6.85. The Kier molecular flexibility index (Phi) is 5.46. The van der Waals surface area contributed by atoms with E-state index in [1.807, 2.05) is 19.1 Å². The number of sulfonamides is 1. The Labute approximate surface area is 136 Å². The summed E-state index contributed by atoms with van der Waals surface area (Å²) in [5, 5.41) is 3.22. The lowest BCUT2D eigenvalue weighted by Gasteiger charge is -2.18. The van der Waals surface area contributed by atoms with Gasteiger partial charge in [-0.3, -0.25) is 0 Å². The fourth-order valence-electron chi connectivity index (χ4n) is 2.37. The lowest BCUT2D eigenvalue weighted by Crippen LogP contribution is -2.29. The van der Waals surface area contributed by atoms with Gasteiger partial charge in [0.15, 0.2) is 0 Å². The Morgan fingerprint density at radius 2 is 2.10 bits per heavy atom. The molecule has 1 saturated carbocycles. The van der Waals surface area contributed by atoms with Crippen molar-refractivity contribution in [1.29, 1.82) is 0 Å². The molecular weight excluding hydrogens is 352 g/mol. The number of hydrogen-bond acceptors (Lipinski definition) is 3. The van der Waals surface area contributed by atoms with Crippen molar-refractivity contribution < 1.29 is 8.42 Å². The van der Waals surface area contributed by atoms with Gasteiger partial charge in [0.05, 0.1) is 4.90 Å². The summed E-state index contributed by atoms with van der Waals surface area (Å²) in [6.45, 7) is 6.33. The molecule has 1 aliphatic rings. The minimum Gasteiger partial charge on any atom is -0.313 e. The molecule has 1 fully saturated rings. The highest BCUT2D eigenvalue weighted by Crippen LogP contribution is 2.39. The zero-order chi connectivity index (χ0) is 15.6. The van der Waals surface area contributed by atoms with Crippen molar-refractivity contribution in [3.8, 4) is 0 Å². The maximum absolute atomic E-state index is 12.7. The van der Waals surface area contributed by atoms with Gasteiger partial charge in [-0.1, -0.05) is 19.9 Å². The first-order valence-corrected chi connectivity index (χ1v) is 9.55. The molecule has 0 bridgehead atoms. The number of rotatable bonds is 7. The number of halogens is 1. The lowest BCUT2D eigenvalue weighted by molar-refractivity contribution is 0.444. The predicted octanol–water partition coefficient (Wildman–Crippen LogP) is 2.84. The minimum atomic E-state index is -3.44. The number of hydrogen-bond donors (Lipinski definition) is 1. The molecule has 4 nitrogen and oxygen atoms in total.